The fraction of sp³-hybridized carbons (Fsp3) is 0.316. The third-order valence-electron chi connectivity index (χ3n) is 8.59. The van der Waals surface area contributed by atoms with E-state index in [9.17, 15) is 18.0 Å². The number of benzene rings is 4. The highest BCUT2D eigenvalue weighted by Crippen LogP contribution is 2.28. The van der Waals surface area contributed by atoms with Crippen molar-refractivity contribution < 1.29 is 22.7 Å². The van der Waals surface area contributed by atoms with E-state index in [2.05, 4.69) is 5.32 Å². The summed E-state index contributed by atoms with van der Waals surface area (Å²) in [6, 6.07) is 28.9. The average molecular weight is 688 g/mol. The normalized spacial score (nSPS) is 13.9. The Bertz CT molecular complexity index is 1780. The Morgan fingerprint density at radius 1 is 0.896 bits per heavy atom. The van der Waals surface area contributed by atoms with E-state index in [1.165, 1.54) is 17.0 Å². The number of anilines is 1. The number of amides is 2. The molecule has 8 nitrogen and oxygen atoms in total. The van der Waals surface area contributed by atoms with Crippen LogP contribution in [-0.2, 0) is 32.6 Å². The van der Waals surface area contributed by atoms with Crippen molar-refractivity contribution in [2.75, 3.05) is 17.5 Å². The molecule has 0 bridgehead atoms. The summed E-state index contributed by atoms with van der Waals surface area (Å²) in [6.45, 7) is 3.65. The van der Waals surface area contributed by atoms with Gasteiger partial charge in [0, 0.05) is 24.0 Å². The molecule has 1 N–H and O–H groups in total. The van der Waals surface area contributed by atoms with Gasteiger partial charge in [0.2, 0.25) is 11.8 Å². The van der Waals surface area contributed by atoms with Gasteiger partial charge in [0.25, 0.3) is 10.0 Å². The molecular weight excluding hydrogens is 646 g/mol. The summed E-state index contributed by atoms with van der Waals surface area (Å²) < 4.78 is 35.2. The third kappa shape index (κ3) is 8.76. The number of halogens is 1. The van der Waals surface area contributed by atoms with Crippen molar-refractivity contribution >= 4 is 39.1 Å². The molecule has 1 fully saturated rings. The van der Waals surface area contributed by atoms with Gasteiger partial charge in [0.05, 0.1) is 17.2 Å². The lowest BCUT2D eigenvalue weighted by Gasteiger charge is -2.34. The van der Waals surface area contributed by atoms with Gasteiger partial charge in [-0.1, -0.05) is 90.7 Å². The quantitative estimate of drug-likeness (QED) is 0.155. The van der Waals surface area contributed by atoms with Crippen molar-refractivity contribution in [3.8, 4) is 5.75 Å². The predicted molar refractivity (Wildman–Crippen MR) is 190 cm³/mol. The number of aryl methyl sites for hydroxylation is 1. The number of nitrogens with one attached hydrogen (secondary N) is 1. The van der Waals surface area contributed by atoms with Gasteiger partial charge in [0.15, 0.2) is 0 Å². The van der Waals surface area contributed by atoms with Crippen molar-refractivity contribution in [3.05, 3.63) is 125 Å². The van der Waals surface area contributed by atoms with E-state index in [1.807, 2.05) is 56.3 Å². The number of hydrogen-bond acceptors (Lipinski definition) is 5. The number of carbonyl (C=O) groups is 2. The Balaban J connectivity index is 1.57. The molecule has 10 heteroatoms. The summed E-state index contributed by atoms with van der Waals surface area (Å²) >= 11 is 6.61. The van der Waals surface area contributed by atoms with E-state index >= 15 is 0 Å². The van der Waals surface area contributed by atoms with E-state index in [4.69, 9.17) is 16.3 Å². The van der Waals surface area contributed by atoms with E-state index in [0.717, 1.165) is 41.1 Å². The first-order valence-corrected chi connectivity index (χ1v) is 18.2. The topological polar surface area (TPSA) is 96.0 Å². The standard InChI is InChI=1S/C38H42ClN3O5S/c1-3-47-33-21-19-32(20-22-33)42(48(45,46)34-23-17-28(2)18-24-34)27-37(43)41(26-30-13-7-10-16-35(30)39)36(25-29-11-5-4-6-12-29)38(44)40-31-14-8-9-15-31/h4-7,10-13,16-24,31,36H,3,8-9,14-15,25-27H2,1-2H3,(H,40,44)/t36-/m0/s1. The van der Waals surface area contributed by atoms with Gasteiger partial charge in [0.1, 0.15) is 18.3 Å². The lowest BCUT2D eigenvalue weighted by Crippen LogP contribution is -2.54. The molecule has 252 valence electrons. The fourth-order valence-electron chi connectivity index (χ4n) is 5.97. The largest absolute Gasteiger partial charge is 0.494 e. The van der Waals surface area contributed by atoms with Gasteiger partial charge in [-0.05, 0) is 80.3 Å². The monoisotopic (exact) mass is 687 g/mol. The van der Waals surface area contributed by atoms with Crippen LogP contribution in [0.15, 0.2) is 108 Å². The molecule has 0 saturated heterocycles. The fourth-order valence-corrected chi connectivity index (χ4v) is 7.58. The van der Waals surface area contributed by atoms with Crippen molar-refractivity contribution in [1.82, 2.24) is 10.2 Å². The van der Waals surface area contributed by atoms with Gasteiger partial charge in [-0.25, -0.2) is 8.42 Å². The molecule has 5 rings (SSSR count). The van der Waals surface area contributed by atoms with Gasteiger partial charge >= 0.3 is 0 Å². The van der Waals surface area contributed by atoms with Crippen LogP contribution in [0.4, 0.5) is 5.69 Å². The molecule has 1 atom stereocenters. The maximum Gasteiger partial charge on any atom is 0.264 e. The minimum absolute atomic E-state index is 0.00971. The maximum atomic E-state index is 14.7. The zero-order valence-electron chi connectivity index (χ0n) is 27.3. The molecule has 0 unspecified atom stereocenters. The van der Waals surface area contributed by atoms with Crippen LogP contribution in [0.5, 0.6) is 5.75 Å². The lowest BCUT2D eigenvalue weighted by molar-refractivity contribution is -0.140. The minimum Gasteiger partial charge on any atom is -0.494 e. The molecule has 4 aromatic carbocycles. The summed E-state index contributed by atoms with van der Waals surface area (Å²) in [5.41, 5.74) is 2.71. The molecule has 4 aromatic rings. The second kappa shape index (κ2) is 16.2. The zero-order valence-corrected chi connectivity index (χ0v) is 28.9. The smallest absolute Gasteiger partial charge is 0.264 e. The molecular formula is C38H42ClN3O5S. The Kier molecular flexibility index (Phi) is 11.8. The van der Waals surface area contributed by atoms with Crippen LogP contribution >= 0.6 is 11.6 Å². The number of hydrogen-bond donors (Lipinski definition) is 1. The molecule has 1 aliphatic carbocycles. The third-order valence-corrected chi connectivity index (χ3v) is 10.8. The van der Waals surface area contributed by atoms with Crippen molar-refractivity contribution in [3.63, 3.8) is 0 Å². The Morgan fingerprint density at radius 3 is 2.19 bits per heavy atom. The second-order valence-electron chi connectivity index (χ2n) is 12.1. The molecule has 1 saturated carbocycles. The first-order chi connectivity index (χ1) is 23.2. The number of carbonyl (C=O) groups excluding carboxylic acids is 2. The van der Waals surface area contributed by atoms with Gasteiger partial charge in [-0.2, -0.15) is 0 Å². The highest BCUT2D eigenvalue weighted by Gasteiger charge is 2.35. The number of ether oxygens (including phenoxy) is 1. The summed E-state index contributed by atoms with van der Waals surface area (Å²) in [6.07, 6.45) is 4.06. The molecule has 0 spiro atoms. The SMILES string of the molecule is CCOc1ccc(N(CC(=O)N(Cc2ccccc2Cl)[C@@H](Cc2ccccc2)C(=O)NC2CCCC2)S(=O)(=O)c2ccc(C)cc2)cc1. The van der Waals surface area contributed by atoms with Crippen molar-refractivity contribution in [1.29, 1.82) is 0 Å². The van der Waals surface area contributed by atoms with E-state index in [1.54, 1.807) is 48.5 Å². The molecule has 48 heavy (non-hydrogen) atoms. The number of rotatable bonds is 14. The highest BCUT2D eigenvalue weighted by atomic mass is 35.5. The molecule has 0 aliphatic heterocycles. The molecule has 0 radical (unpaired) electrons. The van der Waals surface area contributed by atoms with Crippen LogP contribution < -0.4 is 14.4 Å². The Morgan fingerprint density at radius 2 is 1.54 bits per heavy atom. The van der Waals surface area contributed by atoms with E-state index in [-0.39, 0.29) is 29.8 Å². The maximum absolute atomic E-state index is 14.7. The van der Waals surface area contributed by atoms with Crippen LogP contribution in [0.2, 0.25) is 5.02 Å². The van der Waals surface area contributed by atoms with Gasteiger partial charge in [-0.15, -0.1) is 0 Å². The summed E-state index contributed by atoms with van der Waals surface area (Å²) in [4.78, 5) is 30.4. The Hall–Kier alpha value is -4.34. The van der Waals surface area contributed by atoms with Crippen LogP contribution in [0, 0.1) is 6.92 Å². The highest BCUT2D eigenvalue weighted by molar-refractivity contribution is 7.92. The van der Waals surface area contributed by atoms with Gasteiger partial charge in [-0.3, -0.25) is 13.9 Å². The number of nitrogens with zero attached hydrogens (tertiary/aromatic N) is 2. The van der Waals surface area contributed by atoms with Crippen LogP contribution in [-0.4, -0.2) is 50.4 Å². The zero-order chi connectivity index (χ0) is 34.1. The Labute approximate surface area is 288 Å². The second-order valence-corrected chi connectivity index (χ2v) is 14.3. The van der Waals surface area contributed by atoms with E-state index in [0.29, 0.717) is 28.6 Å². The van der Waals surface area contributed by atoms with Crippen LogP contribution in [0.3, 0.4) is 0 Å². The summed E-state index contributed by atoms with van der Waals surface area (Å²) in [7, 11) is -4.21. The first-order valence-electron chi connectivity index (χ1n) is 16.3. The average Bonchev–Trinajstić information content (AvgIpc) is 3.60. The molecule has 0 aromatic heterocycles. The lowest BCUT2D eigenvalue weighted by atomic mass is 10.0. The summed E-state index contributed by atoms with van der Waals surface area (Å²) in [5.74, 6) is -0.241. The number of sulfonamides is 1. The first kappa shape index (κ1) is 35.0. The van der Waals surface area contributed by atoms with E-state index < -0.39 is 28.5 Å². The predicted octanol–water partition coefficient (Wildman–Crippen LogP) is 6.94. The molecule has 0 heterocycles. The molecule has 1 aliphatic rings. The van der Waals surface area contributed by atoms with Crippen LogP contribution in [0.25, 0.3) is 0 Å². The van der Waals surface area contributed by atoms with Crippen molar-refractivity contribution in [2.45, 2.75) is 69.5 Å². The van der Waals surface area contributed by atoms with Gasteiger partial charge < -0.3 is 15.0 Å². The minimum atomic E-state index is -4.21. The van der Waals surface area contributed by atoms with Crippen LogP contribution in [0.1, 0.15) is 49.3 Å². The summed E-state index contributed by atoms with van der Waals surface area (Å²) in [5, 5.41) is 3.63. The van der Waals surface area contributed by atoms with Crippen molar-refractivity contribution in [2.24, 2.45) is 0 Å². The molecule has 2 amide bonds.